The summed E-state index contributed by atoms with van der Waals surface area (Å²) >= 11 is 0. The van der Waals surface area contributed by atoms with Gasteiger partial charge < -0.3 is 18.7 Å². The van der Waals surface area contributed by atoms with Crippen molar-refractivity contribution in [3.63, 3.8) is 0 Å². The average molecular weight is 432 g/mol. The number of carbonyl (C=O) groups is 1. The number of hydrogen-bond acceptors (Lipinski definition) is 7. The van der Waals surface area contributed by atoms with Gasteiger partial charge in [0, 0.05) is 5.56 Å². The van der Waals surface area contributed by atoms with Crippen LogP contribution in [-0.4, -0.2) is 24.1 Å². The topological polar surface area (TPSA) is 83.2 Å². The summed E-state index contributed by atoms with van der Waals surface area (Å²) < 4.78 is 22.0. The fraction of sp³-hybridized carbons (Fsp3) is 0.240. The monoisotopic (exact) mass is 432 g/mol. The van der Waals surface area contributed by atoms with Gasteiger partial charge in [0.15, 0.2) is 17.2 Å². The van der Waals surface area contributed by atoms with Gasteiger partial charge in [-0.15, -0.1) is 0 Å². The van der Waals surface area contributed by atoms with Crippen LogP contribution in [0.15, 0.2) is 51.6 Å². The number of aliphatic imine (C=N–C) groups is 1. The van der Waals surface area contributed by atoms with Crippen LogP contribution in [0.25, 0.3) is 6.08 Å². The summed E-state index contributed by atoms with van der Waals surface area (Å²) in [5.41, 5.74) is 5.59. The number of methoxy groups -OCH3 is 1. The van der Waals surface area contributed by atoms with Crippen molar-refractivity contribution in [3.05, 3.63) is 81.4 Å². The summed E-state index contributed by atoms with van der Waals surface area (Å²) in [6, 6.07) is 11.3. The van der Waals surface area contributed by atoms with Crippen LogP contribution < -0.4 is 9.47 Å². The van der Waals surface area contributed by atoms with Crippen LogP contribution >= 0.6 is 0 Å². The van der Waals surface area contributed by atoms with Crippen LogP contribution in [0.4, 0.5) is 0 Å². The standard InChI is InChI=1S/C25H24N2O5/c1-14-8-15(2)10-19(9-14)24-26-21(25(28)31-24)11-18-6-7-22(23(12-18)29-5)30-13-20-16(3)27-32-17(20)4/h6-12H,13H2,1-5H3/b21-11-. The molecule has 0 atom stereocenters. The first-order valence-corrected chi connectivity index (χ1v) is 10.2. The molecule has 164 valence electrons. The molecule has 0 bridgehead atoms. The molecule has 7 nitrogen and oxygen atoms in total. The molecule has 0 unspecified atom stereocenters. The van der Waals surface area contributed by atoms with Crippen LogP contribution in [0, 0.1) is 27.7 Å². The van der Waals surface area contributed by atoms with E-state index >= 15 is 0 Å². The van der Waals surface area contributed by atoms with Crippen LogP contribution in [0.2, 0.25) is 0 Å². The van der Waals surface area contributed by atoms with Gasteiger partial charge in [0.05, 0.1) is 18.4 Å². The Kier molecular flexibility index (Phi) is 5.81. The summed E-state index contributed by atoms with van der Waals surface area (Å²) in [5.74, 6) is 1.65. The number of ether oxygens (including phenoxy) is 3. The van der Waals surface area contributed by atoms with Crippen molar-refractivity contribution in [2.45, 2.75) is 34.3 Å². The molecule has 1 aliphatic heterocycles. The van der Waals surface area contributed by atoms with E-state index in [0.717, 1.165) is 39.3 Å². The smallest absolute Gasteiger partial charge is 0.363 e. The molecular weight excluding hydrogens is 408 g/mol. The minimum atomic E-state index is -0.489. The van der Waals surface area contributed by atoms with Crippen LogP contribution in [0.5, 0.6) is 11.5 Å². The lowest BCUT2D eigenvalue weighted by atomic mass is 10.1. The highest BCUT2D eigenvalue weighted by Gasteiger charge is 2.24. The lowest BCUT2D eigenvalue weighted by Crippen LogP contribution is -2.06. The Hall–Kier alpha value is -3.87. The van der Waals surface area contributed by atoms with Gasteiger partial charge in [0.25, 0.3) is 0 Å². The quantitative estimate of drug-likeness (QED) is 0.409. The van der Waals surface area contributed by atoms with Gasteiger partial charge in [0.1, 0.15) is 12.4 Å². The lowest BCUT2D eigenvalue weighted by molar-refractivity contribution is -0.129. The maximum Gasteiger partial charge on any atom is 0.363 e. The molecule has 1 aromatic heterocycles. The summed E-state index contributed by atoms with van der Waals surface area (Å²) in [6.07, 6.45) is 1.67. The minimum Gasteiger partial charge on any atom is -0.493 e. The van der Waals surface area contributed by atoms with Gasteiger partial charge in [-0.3, -0.25) is 0 Å². The van der Waals surface area contributed by atoms with E-state index in [0.29, 0.717) is 24.0 Å². The predicted octanol–water partition coefficient (Wildman–Crippen LogP) is 4.84. The molecule has 1 aliphatic rings. The first kappa shape index (κ1) is 21.4. The third-order valence-corrected chi connectivity index (χ3v) is 5.13. The number of aryl methyl sites for hydroxylation is 4. The predicted molar refractivity (Wildman–Crippen MR) is 120 cm³/mol. The van der Waals surface area contributed by atoms with Gasteiger partial charge in [-0.1, -0.05) is 28.4 Å². The summed E-state index contributed by atoms with van der Waals surface area (Å²) in [6.45, 7) is 8.01. The molecule has 32 heavy (non-hydrogen) atoms. The molecule has 2 heterocycles. The van der Waals surface area contributed by atoms with Crippen molar-refractivity contribution in [2.75, 3.05) is 7.11 Å². The number of esters is 1. The molecule has 7 heteroatoms. The number of cyclic esters (lactones) is 1. The first-order valence-electron chi connectivity index (χ1n) is 10.2. The number of benzene rings is 2. The highest BCUT2D eigenvalue weighted by Crippen LogP contribution is 2.31. The molecule has 0 radical (unpaired) electrons. The molecule has 0 amide bonds. The molecule has 4 rings (SSSR count). The molecule has 3 aromatic rings. The fourth-order valence-corrected chi connectivity index (χ4v) is 3.54. The van der Waals surface area contributed by atoms with Gasteiger partial charge in [-0.05, 0) is 63.6 Å². The molecule has 2 aromatic carbocycles. The van der Waals surface area contributed by atoms with E-state index in [1.54, 1.807) is 25.3 Å². The largest absolute Gasteiger partial charge is 0.493 e. The Morgan fingerprint density at radius 2 is 1.75 bits per heavy atom. The second-order valence-electron chi connectivity index (χ2n) is 7.71. The minimum absolute atomic E-state index is 0.227. The second-order valence-corrected chi connectivity index (χ2v) is 7.71. The molecular formula is C25H24N2O5. The number of nitrogens with zero attached hydrogens (tertiary/aromatic N) is 2. The van der Waals surface area contributed by atoms with Gasteiger partial charge in [-0.25, -0.2) is 9.79 Å². The van der Waals surface area contributed by atoms with Crippen LogP contribution in [-0.2, 0) is 16.1 Å². The van der Waals surface area contributed by atoms with E-state index in [-0.39, 0.29) is 5.70 Å². The van der Waals surface area contributed by atoms with Gasteiger partial charge in [-0.2, -0.15) is 0 Å². The second kappa shape index (κ2) is 8.70. The third kappa shape index (κ3) is 4.42. The Labute approximate surface area is 186 Å². The highest BCUT2D eigenvalue weighted by atomic mass is 16.6. The van der Waals surface area contributed by atoms with Gasteiger partial charge >= 0.3 is 5.97 Å². The normalized spacial score (nSPS) is 14.5. The van der Waals surface area contributed by atoms with E-state index in [2.05, 4.69) is 16.2 Å². The van der Waals surface area contributed by atoms with Gasteiger partial charge in [0.2, 0.25) is 5.90 Å². The van der Waals surface area contributed by atoms with E-state index in [4.69, 9.17) is 18.7 Å². The fourth-order valence-electron chi connectivity index (χ4n) is 3.54. The molecule has 0 aliphatic carbocycles. The highest BCUT2D eigenvalue weighted by molar-refractivity contribution is 6.13. The Morgan fingerprint density at radius 1 is 1.00 bits per heavy atom. The van der Waals surface area contributed by atoms with Crippen LogP contribution in [0.1, 0.15) is 39.3 Å². The Balaban J connectivity index is 1.57. The van der Waals surface area contributed by atoms with Crippen molar-refractivity contribution in [1.29, 1.82) is 0 Å². The summed E-state index contributed by atoms with van der Waals surface area (Å²) in [7, 11) is 1.56. The van der Waals surface area contributed by atoms with Crippen molar-refractivity contribution >= 4 is 17.9 Å². The summed E-state index contributed by atoms with van der Waals surface area (Å²) in [5, 5.41) is 3.94. The Bertz CT molecular complexity index is 1210. The molecule has 0 fully saturated rings. The lowest BCUT2D eigenvalue weighted by Gasteiger charge is -2.11. The van der Waals surface area contributed by atoms with Crippen molar-refractivity contribution in [3.8, 4) is 11.5 Å². The summed E-state index contributed by atoms with van der Waals surface area (Å²) in [4.78, 5) is 16.8. The molecule has 0 N–H and O–H groups in total. The van der Waals surface area contributed by atoms with Crippen molar-refractivity contribution in [1.82, 2.24) is 5.16 Å². The zero-order valence-corrected chi connectivity index (χ0v) is 18.7. The van der Waals surface area contributed by atoms with E-state index < -0.39 is 5.97 Å². The van der Waals surface area contributed by atoms with Crippen molar-refractivity contribution in [2.24, 2.45) is 4.99 Å². The SMILES string of the molecule is COc1cc(/C=C2\N=C(c3cc(C)cc(C)c3)OC2=O)ccc1OCc1c(C)noc1C. The molecule has 0 saturated carbocycles. The number of carbonyl (C=O) groups excluding carboxylic acids is 1. The maximum absolute atomic E-state index is 12.4. The van der Waals surface area contributed by atoms with Crippen molar-refractivity contribution < 1.29 is 23.5 Å². The zero-order chi connectivity index (χ0) is 22.8. The number of hydrogen-bond donors (Lipinski definition) is 0. The van der Waals surface area contributed by atoms with E-state index in [9.17, 15) is 4.79 Å². The molecule has 0 saturated heterocycles. The van der Waals surface area contributed by atoms with E-state index in [1.807, 2.05) is 45.9 Å². The van der Waals surface area contributed by atoms with E-state index in [1.165, 1.54) is 0 Å². The van der Waals surface area contributed by atoms with Crippen LogP contribution in [0.3, 0.4) is 0 Å². The maximum atomic E-state index is 12.4. The molecule has 0 spiro atoms. The first-order chi connectivity index (χ1) is 15.3. The Morgan fingerprint density at radius 3 is 2.41 bits per heavy atom. The zero-order valence-electron chi connectivity index (χ0n) is 18.7. The number of rotatable bonds is 6. The average Bonchev–Trinajstić information content (AvgIpc) is 3.28. The third-order valence-electron chi connectivity index (χ3n) is 5.13. The number of aromatic nitrogens is 1.